The highest BCUT2D eigenvalue weighted by molar-refractivity contribution is 5.83. The highest BCUT2D eigenvalue weighted by Gasteiger charge is 2.37. The molecule has 1 saturated carbocycles. The van der Waals surface area contributed by atoms with Gasteiger partial charge in [0.05, 0.1) is 6.10 Å². The van der Waals surface area contributed by atoms with Crippen molar-refractivity contribution >= 4 is 5.78 Å². The first kappa shape index (κ1) is 12.7. The number of ketones is 1. The minimum Gasteiger partial charge on any atom is -0.391 e. The van der Waals surface area contributed by atoms with Gasteiger partial charge in [0, 0.05) is 23.9 Å². The van der Waals surface area contributed by atoms with Gasteiger partial charge in [-0.3, -0.25) is 4.79 Å². The molecule has 0 unspecified atom stereocenters. The second-order valence-electron chi connectivity index (χ2n) is 5.22. The first-order valence-corrected chi connectivity index (χ1v) is 5.89. The van der Waals surface area contributed by atoms with Crippen LogP contribution in [0.25, 0.3) is 0 Å². The van der Waals surface area contributed by atoms with Crippen LogP contribution in [0.1, 0.15) is 40.5 Å². The molecule has 3 nitrogen and oxygen atoms in total. The van der Waals surface area contributed by atoms with Crippen LogP contribution in [0, 0.1) is 11.8 Å². The van der Waals surface area contributed by atoms with Crippen LogP contribution in [-0.4, -0.2) is 29.1 Å². The van der Waals surface area contributed by atoms with E-state index in [1.54, 1.807) is 0 Å². The molecular formula is C12H23NO2. The summed E-state index contributed by atoms with van der Waals surface area (Å²) in [6, 6.07) is 0.454. The van der Waals surface area contributed by atoms with Gasteiger partial charge in [-0.15, -0.1) is 0 Å². The fourth-order valence-corrected chi connectivity index (χ4v) is 2.33. The topological polar surface area (TPSA) is 49.3 Å². The van der Waals surface area contributed by atoms with Crippen LogP contribution < -0.4 is 5.32 Å². The van der Waals surface area contributed by atoms with Crippen molar-refractivity contribution in [3.63, 3.8) is 0 Å². The van der Waals surface area contributed by atoms with E-state index in [0.29, 0.717) is 18.2 Å². The zero-order valence-electron chi connectivity index (χ0n) is 10.2. The number of aliphatic hydroxyl groups excluding tert-OH is 1. The van der Waals surface area contributed by atoms with E-state index in [-0.39, 0.29) is 24.0 Å². The monoisotopic (exact) mass is 213 g/mol. The maximum absolute atomic E-state index is 11.8. The van der Waals surface area contributed by atoms with E-state index < -0.39 is 0 Å². The smallest absolute Gasteiger partial charge is 0.138 e. The molecule has 0 spiro atoms. The Morgan fingerprint density at radius 2 is 1.87 bits per heavy atom. The van der Waals surface area contributed by atoms with Crippen molar-refractivity contribution in [3.8, 4) is 0 Å². The standard InChI is InChI=1S/C12H23NO2/c1-7(2)12(15)9-5-10(11(14)6-9)13-8(3)4/h7-11,13-14H,5-6H2,1-4H3/t9-,10+,11+/m0/s1. The van der Waals surface area contributed by atoms with Gasteiger partial charge >= 0.3 is 0 Å². The van der Waals surface area contributed by atoms with E-state index in [0.717, 1.165) is 6.42 Å². The minimum atomic E-state index is -0.361. The number of aliphatic hydroxyl groups is 1. The third kappa shape index (κ3) is 3.28. The molecule has 1 aliphatic rings. The molecule has 15 heavy (non-hydrogen) atoms. The van der Waals surface area contributed by atoms with E-state index in [1.807, 2.05) is 13.8 Å². The van der Waals surface area contributed by atoms with Gasteiger partial charge in [-0.25, -0.2) is 0 Å². The number of carbonyl (C=O) groups is 1. The molecule has 0 aromatic heterocycles. The Hall–Kier alpha value is -0.410. The minimum absolute atomic E-state index is 0.0521. The predicted molar refractivity (Wildman–Crippen MR) is 60.6 cm³/mol. The van der Waals surface area contributed by atoms with Gasteiger partial charge in [0.1, 0.15) is 5.78 Å². The molecule has 0 radical (unpaired) electrons. The summed E-state index contributed by atoms with van der Waals surface area (Å²) in [5.74, 6) is 0.429. The van der Waals surface area contributed by atoms with Gasteiger partial charge in [-0.1, -0.05) is 27.7 Å². The Kier molecular flexibility index (Phi) is 4.29. The molecule has 0 saturated heterocycles. The van der Waals surface area contributed by atoms with Crippen molar-refractivity contribution in [2.45, 2.75) is 58.7 Å². The first-order chi connectivity index (χ1) is 6.91. The van der Waals surface area contributed by atoms with E-state index in [9.17, 15) is 9.90 Å². The number of hydrogen-bond donors (Lipinski definition) is 2. The largest absolute Gasteiger partial charge is 0.391 e. The van der Waals surface area contributed by atoms with Crippen LogP contribution in [0.15, 0.2) is 0 Å². The Bertz CT molecular complexity index is 226. The first-order valence-electron chi connectivity index (χ1n) is 5.89. The molecule has 0 aliphatic heterocycles. The molecule has 0 aromatic rings. The number of nitrogens with one attached hydrogen (secondary N) is 1. The average Bonchev–Trinajstić information content (AvgIpc) is 2.45. The molecule has 3 atom stereocenters. The fraction of sp³-hybridized carbons (Fsp3) is 0.917. The molecule has 1 rings (SSSR count). The second kappa shape index (κ2) is 5.08. The summed E-state index contributed by atoms with van der Waals surface area (Å²) >= 11 is 0. The van der Waals surface area contributed by atoms with Gasteiger partial charge in [0.25, 0.3) is 0 Å². The molecule has 0 bridgehead atoms. The zero-order valence-corrected chi connectivity index (χ0v) is 10.2. The molecule has 0 heterocycles. The lowest BCUT2D eigenvalue weighted by Crippen LogP contribution is -2.39. The summed E-state index contributed by atoms with van der Waals surface area (Å²) in [5.41, 5.74) is 0. The third-order valence-corrected chi connectivity index (χ3v) is 3.05. The van der Waals surface area contributed by atoms with Crippen LogP contribution >= 0.6 is 0 Å². The van der Waals surface area contributed by atoms with Crippen molar-refractivity contribution in [2.24, 2.45) is 11.8 Å². The molecule has 0 amide bonds. The molecule has 2 N–H and O–H groups in total. The van der Waals surface area contributed by atoms with E-state index in [1.165, 1.54) is 0 Å². The summed E-state index contributed by atoms with van der Waals surface area (Å²) in [6.07, 6.45) is 1.05. The van der Waals surface area contributed by atoms with E-state index in [2.05, 4.69) is 19.2 Å². The van der Waals surface area contributed by atoms with Crippen LogP contribution in [0.2, 0.25) is 0 Å². The SMILES string of the molecule is CC(C)N[C@@H]1C[C@H](C(=O)C(C)C)C[C@H]1O. The third-order valence-electron chi connectivity index (χ3n) is 3.05. The Labute approximate surface area is 92.3 Å². The van der Waals surface area contributed by atoms with Crippen molar-refractivity contribution in [2.75, 3.05) is 0 Å². The average molecular weight is 213 g/mol. The highest BCUT2D eigenvalue weighted by atomic mass is 16.3. The van der Waals surface area contributed by atoms with Crippen LogP contribution in [-0.2, 0) is 4.79 Å². The van der Waals surface area contributed by atoms with Crippen molar-refractivity contribution in [1.29, 1.82) is 0 Å². The zero-order chi connectivity index (χ0) is 11.6. The molecule has 0 aromatic carbocycles. The van der Waals surface area contributed by atoms with Gasteiger partial charge in [-0.05, 0) is 12.8 Å². The Morgan fingerprint density at radius 1 is 1.27 bits per heavy atom. The predicted octanol–water partition coefficient (Wildman–Crippen LogP) is 1.35. The lowest BCUT2D eigenvalue weighted by molar-refractivity contribution is -0.125. The quantitative estimate of drug-likeness (QED) is 0.741. The summed E-state index contributed by atoms with van der Waals surface area (Å²) in [6.45, 7) is 7.98. The molecule has 3 heteroatoms. The van der Waals surface area contributed by atoms with Gasteiger partial charge < -0.3 is 10.4 Å². The van der Waals surface area contributed by atoms with Gasteiger partial charge in [0.2, 0.25) is 0 Å². The lowest BCUT2D eigenvalue weighted by atomic mass is 9.94. The van der Waals surface area contributed by atoms with Crippen LogP contribution in [0.5, 0.6) is 0 Å². The summed E-state index contributed by atoms with van der Waals surface area (Å²) in [4.78, 5) is 11.8. The fourth-order valence-electron chi connectivity index (χ4n) is 2.33. The van der Waals surface area contributed by atoms with E-state index in [4.69, 9.17) is 0 Å². The van der Waals surface area contributed by atoms with Crippen molar-refractivity contribution < 1.29 is 9.90 Å². The number of hydrogen-bond acceptors (Lipinski definition) is 3. The second-order valence-corrected chi connectivity index (χ2v) is 5.22. The Balaban J connectivity index is 2.51. The molecule has 1 fully saturated rings. The van der Waals surface area contributed by atoms with Crippen molar-refractivity contribution in [1.82, 2.24) is 5.32 Å². The maximum atomic E-state index is 11.8. The van der Waals surface area contributed by atoms with Crippen molar-refractivity contribution in [3.05, 3.63) is 0 Å². The summed E-state index contributed by atoms with van der Waals surface area (Å²) in [5, 5.41) is 13.1. The maximum Gasteiger partial charge on any atom is 0.138 e. The normalized spacial score (nSPS) is 31.5. The summed E-state index contributed by atoms with van der Waals surface area (Å²) in [7, 11) is 0. The van der Waals surface area contributed by atoms with Crippen LogP contribution in [0.3, 0.4) is 0 Å². The lowest BCUT2D eigenvalue weighted by Gasteiger charge is -2.19. The molecular weight excluding hydrogens is 190 g/mol. The van der Waals surface area contributed by atoms with Gasteiger partial charge in [-0.2, -0.15) is 0 Å². The summed E-state index contributed by atoms with van der Waals surface area (Å²) < 4.78 is 0. The van der Waals surface area contributed by atoms with Gasteiger partial charge in [0.15, 0.2) is 0 Å². The van der Waals surface area contributed by atoms with E-state index >= 15 is 0 Å². The number of rotatable bonds is 4. The highest BCUT2D eigenvalue weighted by Crippen LogP contribution is 2.29. The number of carbonyl (C=O) groups excluding carboxylic acids is 1. The number of Topliss-reactive ketones (excluding diaryl/α,β-unsaturated/α-hetero) is 1. The van der Waals surface area contributed by atoms with Crippen LogP contribution in [0.4, 0.5) is 0 Å². The Morgan fingerprint density at radius 3 is 2.33 bits per heavy atom. The molecule has 88 valence electrons. The molecule has 1 aliphatic carbocycles.